The summed E-state index contributed by atoms with van der Waals surface area (Å²) < 4.78 is 0. The zero-order valence-corrected chi connectivity index (χ0v) is 5.34. The SMILES string of the molecule is O=C/C=C\C1CCCN1. The molecule has 0 saturated carbocycles. The molecule has 2 heteroatoms. The molecule has 0 radical (unpaired) electrons. The van der Waals surface area contributed by atoms with Crippen LogP contribution in [-0.2, 0) is 4.79 Å². The van der Waals surface area contributed by atoms with Crippen molar-refractivity contribution < 1.29 is 4.79 Å². The lowest BCUT2D eigenvalue weighted by Crippen LogP contribution is -2.18. The van der Waals surface area contributed by atoms with Gasteiger partial charge in [-0.25, -0.2) is 0 Å². The van der Waals surface area contributed by atoms with E-state index >= 15 is 0 Å². The molecule has 0 bridgehead atoms. The Bertz CT molecular complexity index is 114. The fraction of sp³-hybridized carbons (Fsp3) is 0.571. The van der Waals surface area contributed by atoms with Gasteiger partial charge in [-0.3, -0.25) is 4.79 Å². The van der Waals surface area contributed by atoms with Crippen LogP contribution in [0.3, 0.4) is 0 Å². The second-order valence-electron chi connectivity index (χ2n) is 2.22. The van der Waals surface area contributed by atoms with Crippen LogP contribution in [0.1, 0.15) is 12.8 Å². The highest BCUT2D eigenvalue weighted by Crippen LogP contribution is 2.04. The number of hydrogen-bond donors (Lipinski definition) is 1. The highest BCUT2D eigenvalue weighted by atomic mass is 16.1. The van der Waals surface area contributed by atoms with Gasteiger partial charge in [0.25, 0.3) is 0 Å². The Kier molecular flexibility index (Phi) is 2.46. The Hall–Kier alpha value is -0.630. The van der Waals surface area contributed by atoms with Crippen molar-refractivity contribution in [3.8, 4) is 0 Å². The molecule has 1 heterocycles. The van der Waals surface area contributed by atoms with Crippen molar-refractivity contribution in [1.29, 1.82) is 0 Å². The molecule has 1 rings (SSSR count). The van der Waals surface area contributed by atoms with Gasteiger partial charge in [-0.2, -0.15) is 0 Å². The average Bonchev–Trinajstić information content (AvgIpc) is 2.34. The number of allylic oxidation sites excluding steroid dienone is 1. The molecule has 0 aromatic carbocycles. The van der Waals surface area contributed by atoms with E-state index in [-0.39, 0.29) is 0 Å². The van der Waals surface area contributed by atoms with Crippen molar-refractivity contribution in [3.05, 3.63) is 12.2 Å². The Morgan fingerprint density at radius 3 is 3.00 bits per heavy atom. The molecule has 0 aliphatic carbocycles. The largest absolute Gasteiger partial charge is 0.311 e. The van der Waals surface area contributed by atoms with E-state index in [9.17, 15) is 4.79 Å². The van der Waals surface area contributed by atoms with Crippen LogP contribution in [0, 0.1) is 0 Å². The predicted molar refractivity (Wildman–Crippen MR) is 36.2 cm³/mol. The van der Waals surface area contributed by atoms with E-state index in [4.69, 9.17) is 0 Å². The van der Waals surface area contributed by atoms with Crippen molar-refractivity contribution in [2.24, 2.45) is 0 Å². The maximum atomic E-state index is 9.85. The van der Waals surface area contributed by atoms with Gasteiger partial charge < -0.3 is 5.32 Å². The summed E-state index contributed by atoms with van der Waals surface area (Å²) in [6.45, 7) is 1.09. The number of nitrogens with one attached hydrogen (secondary N) is 1. The second kappa shape index (κ2) is 3.41. The molecule has 0 aromatic heterocycles. The van der Waals surface area contributed by atoms with Crippen molar-refractivity contribution in [3.63, 3.8) is 0 Å². The van der Waals surface area contributed by atoms with E-state index in [2.05, 4.69) is 5.32 Å². The van der Waals surface area contributed by atoms with Crippen molar-refractivity contribution >= 4 is 6.29 Å². The van der Waals surface area contributed by atoms with Crippen LogP contribution in [0.4, 0.5) is 0 Å². The molecule has 1 aliphatic heterocycles. The minimum Gasteiger partial charge on any atom is -0.311 e. The number of hydrogen-bond acceptors (Lipinski definition) is 2. The van der Waals surface area contributed by atoms with E-state index < -0.39 is 0 Å². The fourth-order valence-electron chi connectivity index (χ4n) is 1.06. The Morgan fingerprint density at radius 2 is 2.44 bits per heavy atom. The highest BCUT2D eigenvalue weighted by Gasteiger charge is 2.08. The number of aldehydes is 1. The lowest BCUT2D eigenvalue weighted by molar-refractivity contribution is -0.104. The van der Waals surface area contributed by atoms with Crippen molar-refractivity contribution in [1.82, 2.24) is 5.32 Å². The van der Waals surface area contributed by atoms with E-state index in [1.54, 1.807) is 6.08 Å². The first-order valence-electron chi connectivity index (χ1n) is 3.29. The average molecular weight is 125 g/mol. The molecular formula is C7H11NO. The van der Waals surface area contributed by atoms with Crippen LogP contribution in [0.2, 0.25) is 0 Å². The van der Waals surface area contributed by atoms with Gasteiger partial charge in [0, 0.05) is 6.04 Å². The number of rotatable bonds is 2. The summed E-state index contributed by atoms with van der Waals surface area (Å²) in [5, 5.41) is 3.25. The Morgan fingerprint density at radius 1 is 1.56 bits per heavy atom. The summed E-state index contributed by atoms with van der Waals surface area (Å²) in [5.74, 6) is 0. The third-order valence-electron chi connectivity index (χ3n) is 1.52. The minimum absolute atomic E-state index is 0.454. The first kappa shape index (κ1) is 6.49. The van der Waals surface area contributed by atoms with Crippen molar-refractivity contribution in [2.75, 3.05) is 6.54 Å². The molecule has 1 aliphatic rings. The number of carbonyl (C=O) groups is 1. The topological polar surface area (TPSA) is 29.1 Å². The molecular weight excluding hydrogens is 114 g/mol. The summed E-state index contributed by atoms with van der Waals surface area (Å²) in [5.41, 5.74) is 0. The Balaban J connectivity index is 2.25. The Labute approximate surface area is 54.9 Å². The van der Waals surface area contributed by atoms with Crippen LogP contribution in [0.5, 0.6) is 0 Å². The molecule has 1 atom stereocenters. The highest BCUT2D eigenvalue weighted by molar-refractivity contribution is 5.64. The molecule has 2 nitrogen and oxygen atoms in total. The van der Waals surface area contributed by atoms with E-state index in [0.717, 1.165) is 12.8 Å². The molecule has 0 aromatic rings. The summed E-state index contributed by atoms with van der Waals surface area (Å²) >= 11 is 0. The normalized spacial score (nSPS) is 27.3. The van der Waals surface area contributed by atoms with E-state index in [0.29, 0.717) is 6.04 Å². The monoisotopic (exact) mass is 125 g/mol. The fourth-order valence-corrected chi connectivity index (χ4v) is 1.06. The lowest BCUT2D eigenvalue weighted by atomic mass is 10.2. The summed E-state index contributed by atoms with van der Waals surface area (Å²) in [7, 11) is 0. The summed E-state index contributed by atoms with van der Waals surface area (Å²) in [6, 6.07) is 0.454. The minimum atomic E-state index is 0.454. The molecule has 1 unspecified atom stereocenters. The second-order valence-corrected chi connectivity index (χ2v) is 2.22. The maximum absolute atomic E-state index is 9.85. The number of carbonyl (C=O) groups excluding carboxylic acids is 1. The maximum Gasteiger partial charge on any atom is 0.142 e. The van der Waals surface area contributed by atoms with Crippen LogP contribution in [-0.4, -0.2) is 18.9 Å². The van der Waals surface area contributed by atoms with Crippen LogP contribution < -0.4 is 5.32 Å². The third-order valence-corrected chi connectivity index (χ3v) is 1.52. The van der Waals surface area contributed by atoms with Crippen LogP contribution >= 0.6 is 0 Å². The standard InChI is InChI=1S/C7H11NO/c9-6-2-4-7-3-1-5-8-7/h2,4,6-8H,1,3,5H2/b4-2-. The molecule has 9 heavy (non-hydrogen) atoms. The summed E-state index contributed by atoms with van der Waals surface area (Å²) in [6.07, 6.45) is 6.70. The zero-order chi connectivity index (χ0) is 6.53. The van der Waals surface area contributed by atoms with Crippen molar-refractivity contribution in [2.45, 2.75) is 18.9 Å². The molecule has 1 saturated heterocycles. The van der Waals surface area contributed by atoms with Gasteiger partial charge in [0.05, 0.1) is 0 Å². The lowest BCUT2D eigenvalue weighted by Gasteiger charge is -1.99. The first-order valence-corrected chi connectivity index (χ1v) is 3.29. The quantitative estimate of drug-likeness (QED) is 0.430. The predicted octanol–water partition coefficient (Wildman–Crippen LogP) is 0.493. The van der Waals surface area contributed by atoms with Gasteiger partial charge in [0.15, 0.2) is 0 Å². The van der Waals surface area contributed by atoms with Gasteiger partial charge in [-0.15, -0.1) is 0 Å². The zero-order valence-electron chi connectivity index (χ0n) is 5.34. The molecule has 50 valence electrons. The van der Waals surface area contributed by atoms with Crippen LogP contribution in [0.25, 0.3) is 0 Å². The van der Waals surface area contributed by atoms with Gasteiger partial charge in [0.2, 0.25) is 0 Å². The third kappa shape index (κ3) is 1.98. The molecule has 1 fully saturated rings. The van der Waals surface area contributed by atoms with Gasteiger partial charge in [0.1, 0.15) is 6.29 Å². The van der Waals surface area contributed by atoms with Crippen LogP contribution in [0.15, 0.2) is 12.2 Å². The smallest absolute Gasteiger partial charge is 0.142 e. The first-order chi connectivity index (χ1) is 4.43. The molecule has 0 spiro atoms. The van der Waals surface area contributed by atoms with Gasteiger partial charge in [-0.1, -0.05) is 6.08 Å². The van der Waals surface area contributed by atoms with Gasteiger partial charge >= 0.3 is 0 Å². The molecule has 0 amide bonds. The molecule has 1 N–H and O–H groups in total. The van der Waals surface area contributed by atoms with E-state index in [1.807, 2.05) is 6.08 Å². The summed E-state index contributed by atoms with van der Waals surface area (Å²) in [4.78, 5) is 9.85. The van der Waals surface area contributed by atoms with Gasteiger partial charge in [-0.05, 0) is 25.5 Å². The van der Waals surface area contributed by atoms with E-state index in [1.165, 1.54) is 12.8 Å².